The highest BCUT2D eigenvalue weighted by molar-refractivity contribution is 5.03. The fourth-order valence-corrected chi connectivity index (χ4v) is 1.92. The van der Waals surface area contributed by atoms with Crippen molar-refractivity contribution >= 4 is 0 Å². The number of nitrogens with zero attached hydrogens (tertiary/aromatic N) is 2. The Kier molecular flexibility index (Phi) is 2.84. The van der Waals surface area contributed by atoms with Gasteiger partial charge < -0.3 is 9.84 Å². The van der Waals surface area contributed by atoms with E-state index in [0.29, 0.717) is 6.04 Å². The third-order valence-corrected chi connectivity index (χ3v) is 2.74. The van der Waals surface area contributed by atoms with Crippen molar-refractivity contribution in [2.75, 3.05) is 20.1 Å². The highest BCUT2D eigenvalue weighted by atomic mass is 16.5. The molecule has 0 aromatic carbocycles. The number of likely N-dealkylation sites (tertiary alicyclic amines) is 1. The molecule has 0 saturated carbocycles. The molecular weight excluding hydrogens is 178 g/mol. The fourth-order valence-electron chi connectivity index (χ4n) is 1.92. The van der Waals surface area contributed by atoms with Crippen molar-refractivity contribution in [1.82, 2.24) is 15.4 Å². The van der Waals surface area contributed by atoms with E-state index >= 15 is 0 Å². The molecule has 1 aliphatic rings. The van der Waals surface area contributed by atoms with Gasteiger partial charge in [-0.2, -0.15) is 0 Å². The lowest BCUT2D eigenvalue weighted by atomic mass is 10.3. The first kappa shape index (κ1) is 9.68. The van der Waals surface area contributed by atoms with Crippen molar-refractivity contribution in [3.63, 3.8) is 0 Å². The molecule has 14 heavy (non-hydrogen) atoms. The predicted molar refractivity (Wildman–Crippen MR) is 54.0 cm³/mol. The quantitative estimate of drug-likeness (QED) is 0.773. The van der Waals surface area contributed by atoms with Gasteiger partial charge in [-0.25, -0.2) is 0 Å². The summed E-state index contributed by atoms with van der Waals surface area (Å²) >= 11 is 0. The molecule has 1 saturated heterocycles. The average Bonchev–Trinajstić information content (AvgIpc) is 2.76. The van der Waals surface area contributed by atoms with Gasteiger partial charge in [0.15, 0.2) is 5.76 Å². The number of aryl methyl sites for hydroxylation is 1. The zero-order chi connectivity index (χ0) is 9.97. The van der Waals surface area contributed by atoms with Gasteiger partial charge in [0, 0.05) is 25.2 Å². The Morgan fingerprint density at radius 1 is 1.71 bits per heavy atom. The molecule has 0 aliphatic carbocycles. The Morgan fingerprint density at radius 3 is 3.14 bits per heavy atom. The Bertz CT molecular complexity index is 297. The van der Waals surface area contributed by atoms with Crippen molar-refractivity contribution in [2.24, 2.45) is 0 Å². The van der Waals surface area contributed by atoms with Crippen molar-refractivity contribution in [1.29, 1.82) is 0 Å². The van der Waals surface area contributed by atoms with E-state index in [0.717, 1.165) is 31.1 Å². The largest absolute Gasteiger partial charge is 0.360 e. The van der Waals surface area contributed by atoms with Gasteiger partial charge in [0.25, 0.3) is 0 Å². The molecule has 2 rings (SSSR count). The summed E-state index contributed by atoms with van der Waals surface area (Å²) in [6, 6.07) is 2.64. The zero-order valence-corrected chi connectivity index (χ0v) is 8.79. The van der Waals surface area contributed by atoms with Crippen LogP contribution in [-0.2, 0) is 6.54 Å². The first-order valence-corrected chi connectivity index (χ1v) is 5.10. The summed E-state index contributed by atoms with van der Waals surface area (Å²) in [6.07, 6.45) is 1.23. The van der Waals surface area contributed by atoms with E-state index in [2.05, 4.69) is 15.4 Å². The van der Waals surface area contributed by atoms with Gasteiger partial charge in [-0.15, -0.1) is 0 Å². The van der Waals surface area contributed by atoms with E-state index < -0.39 is 0 Å². The molecular formula is C10H17N3O. The molecule has 1 unspecified atom stereocenters. The fraction of sp³-hybridized carbons (Fsp3) is 0.700. The van der Waals surface area contributed by atoms with Gasteiger partial charge >= 0.3 is 0 Å². The molecule has 4 heteroatoms. The van der Waals surface area contributed by atoms with E-state index in [1.165, 1.54) is 6.42 Å². The summed E-state index contributed by atoms with van der Waals surface area (Å²) < 4.78 is 5.18. The zero-order valence-electron chi connectivity index (χ0n) is 8.79. The molecule has 1 aromatic heterocycles. The molecule has 1 fully saturated rings. The summed E-state index contributed by atoms with van der Waals surface area (Å²) in [4.78, 5) is 2.39. The second-order valence-electron chi connectivity index (χ2n) is 3.94. The maximum Gasteiger partial charge on any atom is 0.150 e. The Labute approximate surface area is 84.3 Å². The minimum atomic E-state index is 0.638. The summed E-state index contributed by atoms with van der Waals surface area (Å²) in [5, 5.41) is 7.18. The van der Waals surface area contributed by atoms with Crippen molar-refractivity contribution in [3.8, 4) is 0 Å². The molecule has 1 N–H and O–H groups in total. The molecule has 0 amide bonds. The highest BCUT2D eigenvalue weighted by Crippen LogP contribution is 2.13. The third-order valence-electron chi connectivity index (χ3n) is 2.74. The molecule has 0 radical (unpaired) electrons. The van der Waals surface area contributed by atoms with E-state index in [1.54, 1.807) is 0 Å². The van der Waals surface area contributed by atoms with Gasteiger partial charge in [-0.1, -0.05) is 5.16 Å². The smallest absolute Gasteiger partial charge is 0.150 e. The second kappa shape index (κ2) is 4.11. The second-order valence-corrected chi connectivity index (χ2v) is 3.94. The molecule has 2 heterocycles. The molecule has 78 valence electrons. The molecule has 1 aromatic rings. The normalized spacial score (nSPS) is 23.1. The molecule has 4 nitrogen and oxygen atoms in total. The van der Waals surface area contributed by atoms with Crippen LogP contribution < -0.4 is 5.32 Å². The van der Waals surface area contributed by atoms with Crippen LogP contribution in [0.4, 0.5) is 0 Å². The number of aromatic nitrogens is 1. The van der Waals surface area contributed by atoms with Crippen LogP contribution in [0.15, 0.2) is 10.6 Å². The summed E-state index contributed by atoms with van der Waals surface area (Å²) in [5.74, 6) is 0.972. The minimum absolute atomic E-state index is 0.638. The summed E-state index contributed by atoms with van der Waals surface area (Å²) in [7, 11) is 2.02. The first-order chi connectivity index (χ1) is 6.78. The number of hydrogen-bond donors (Lipinski definition) is 1. The van der Waals surface area contributed by atoms with Crippen LogP contribution in [-0.4, -0.2) is 36.2 Å². The highest BCUT2D eigenvalue weighted by Gasteiger charge is 2.21. The summed E-state index contributed by atoms with van der Waals surface area (Å²) in [6.45, 7) is 5.09. The van der Waals surface area contributed by atoms with Gasteiger partial charge in [-0.3, -0.25) is 4.90 Å². The van der Waals surface area contributed by atoms with Crippen LogP contribution in [0.1, 0.15) is 17.9 Å². The van der Waals surface area contributed by atoms with Gasteiger partial charge in [0.1, 0.15) is 0 Å². The first-order valence-electron chi connectivity index (χ1n) is 5.10. The molecule has 0 spiro atoms. The Morgan fingerprint density at radius 2 is 2.57 bits per heavy atom. The van der Waals surface area contributed by atoms with Crippen LogP contribution in [0.25, 0.3) is 0 Å². The molecule has 1 atom stereocenters. The van der Waals surface area contributed by atoms with Crippen LogP contribution in [0, 0.1) is 6.92 Å². The molecule has 0 bridgehead atoms. The maximum atomic E-state index is 5.18. The number of rotatable bonds is 3. The third kappa shape index (κ3) is 2.13. The van der Waals surface area contributed by atoms with Crippen LogP contribution in [0.2, 0.25) is 0 Å². The van der Waals surface area contributed by atoms with Gasteiger partial charge in [-0.05, 0) is 20.4 Å². The van der Waals surface area contributed by atoms with Crippen LogP contribution in [0.5, 0.6) is 0 Å². The van der Waals surface area contributed by atoms with Crippen molar-refractivity contribution in [3.05, 3.63) is 17.5 Å². The monoisotopic (exact) mass is 195 g/mol. The lowest BCUT2D eigenvalue weighted by Gasteiger charge is -2.13. The van der Waals surface area contributed by atoms with Crippen molar-refractivity contribution < 1.29 is 4.52 Å². The maximum absolute atomic E-state index is 5.18. The lowest BCUT2D eigenvalue weighted by Crippen LogP contribution is -2.29. The van der Waals surface area contributed by atoms with E-state index in [9.17, 15) is 0 Å². The SMILES string of the molecule is CNC1CCN(Cc2cc(C)no2)C1. The van der Waals surface area contributed by atoms with E-state index in [1.807, 2.05) is 20.0 Å². The predicted octanol–water partition coefficient (Wildman–Crippen LogP) is 0.777. The van der Waals surface area contributed by atoms with Gasteiger partial charge in [0.2, 0.25) is 0 Å². The van der Waals surface area contributed by atoms with Crippen LogP contribution >= 0.6 is 0 Å². The van der Waals surface area contributed by atoms with Gasteiger partial charge in [0.05, 0.1) is 12.2 Å². The van der Waals surface area contributed by atoms with Crippen LogP contribution in [0.3, 0.4) is 0 Å². The Hall–Kier alpha value is -0.870. The van der Waals surface area contributed by atoms with E-state index in [-0.39, 0.29) is 0 Å². The standard InChI is InChI=1S/C10H17N3O/c1-8-5-10(14-12-8)7-13-4-3-9(6-13)11-2/h5,9,11H,3-4,6-7H2,1-2H3. The van der Waals surface area contributed by atoms with Crippen molar-refractivity contribution in [2.45, 2.75) is 25.9 Å². The number of nitrogens with one attached hydrogen (secondary N) is 1. The minimum Gasteiger partial charge on any atom is -0.360 e. The molecule has 1 aliphatic heterocycles. The summed E-state index contributed by atoms with van der Waals surface area (Å²) in [5.41, 5.74) is 0.962. The van der Waals surface area contributed by atoms with E-state index in [4.69, 9.17) is 4.52 Å². The average molecular weight is 195 g/mol. The number of hydrogen-bond acceptors (Lipinski definition) is 4. The lowest BCUT2D eigenvalue weighted by molar-refractivity contribution is 0.269. The number of likely N-dealkylation sites (N-methyl/N-ethyl adjacent to an activating group) is 1. The topological polar surface area (TPSA) is 41.3 Å². The Balaban J connectivity index is 1.87.